The Hall–Kier alpha value is -0.350. The van der Waals surface area contributed by atoms with Gasteiger partial charge in [-0.15, -0.1) is 11.3 Å². The standard InChI is InChI=1S/C15H17BrClNS/c1-3-18-13(15-14(17)10(2)9-19-15)8-11-4-6-12(16)7-5-11/h4-7,9,13,18H,3,8H2,1-2H3. The number of thiophene rings is 1. The quantitative estimate of drug-likeness (QED) is 0.758. The minimum absolute atomic E-state index is 0.289. The monoisotopic (exact) mass is 357 g/mol. The molecule has 1 aromatic carbocycles. The van der Waals surface area contributed by atoms with Crippen LogP contribution in [-0.4, -0.2) is 6.54 Å². The van der Waals surface area contributed by atoms with Crippen molar-refractivity contribution >= 4 is 38.9 Å². The van der Waals surface area contributed by atoms with Crippen LogP contribution in [0.15, 0.2) is 34.1 Å². The summed E-state index contributed by atoms with van der Waals surface area (Å²) in [6.07, 6.45) is 0.959. The number of likely N-dealkylation sites (N-methyl/N-ethyl adjacent to an activating group) is 1. The predicted octanol–water partition coefficient (Wildman–Crippen LogP) is 5.37. The molecule has 1 unspecified atom stereocenters. The normalized spacial score (nSPS) is 12.6. The van der Waals surface area contributed by atoms with Crippen LogP contribution in [0.25, 0.3) is 0 Å². The molecule has 0 spiro atoms. The number of nitrogens with one attached hydrogen (secondary N) is 1. The van der Waals surface area contributed by atoms with E-state index in [-0.39, 0.29) is 6.04 Å². The van der Waals surface area contributed by atoms with Crippen molar-refractivity contribution in [2.24, 2.45) is 0 Å². The number of rotatable bonds is 5. The van der Waals surface area contributed by atoms with Crippen molar-refractivity contribution in [2.75, 3.05) is 6.54 Å². The molecular weight excluding hydrogens is 342 g/mol. The van der Waals surface area contributed by atoms with Crippen molar-refractivity contribution in [2.45, 2.75) is 26.3 Å². The number of halogens is 2. The zero-order valence-corrected chi connectivity index (χ0v) is 14.2. The zero-order chi connectivity index (χ0) is 13.8. The van der Waals surface area contributed by atoms with Crippen molar-refractivity contribution < 1.29 is 0 Å². The van der Waals surface area contributed by atoms with Crippen LogP contribution in [-0.2, 0) is 6.42 Å². The Morgan fingerprint density at radius 1 is 1.32 bits per heavy atom. The number of hydrogen-bond acceptors (Lipinski definition) is 2. The highest BCUT2D eigenvalue weighted by atomic mass is 79.9. The molecule has 1 aromatic heterocycles. The van der Waals surface area contributed by atoms with Crippen molar-refractivity contribution in [1.82, 2.24) is 5.32 Å². The molecule has 2 rings (SSSR count). The lowest BCUT2D eigenvalue weighted by Gasteiger charge is -2.17. The van der Waals surface area contributed by atoms with E-state index < -0.39 is 0 Å². The third-order valence-electron chi connectivity index (χ3n) is 3.05. The van der Waals surface area contributed by atoms with Gasteiger partial charge in [-0.05, 0) is 48.5 Å². The van der Waals surface area contributed by atoms with E-state index >= 15 is 0 Å². The molecule has 2 aromatic rings. The lowest BCUT2D eigenvalue weighted by Crippen LogP contribution is -2.22. The molecule has 0 fully saturated rings. The summed E-state index contributed by atoms with van der Waals surface area (Å²) in [5.41, 5.74) is 2.48. The molecular formula is C15H17BrClNS. The summed E-state index contributed by atoms with van der Waals surface area (Å²) in [5.74, 6) is 0. The van der Waals surface area contributed by atoms with Crippen LogP contribution in [0.3, 0.4) is 0 Å². The summed E-state index contributed by atoms with van der Waals surface area (Å²) in [4.78, 5) is 1.24. The summed E-state index contributed by atoms with van der Waals surface area (Å²) >= 11 is 11.6. The van der Waals surface area contributed by atoms with Gasteiger partial charge in [0, 0.05) is 15.4 Å². The van der Waals surface area contributed by atoms with E-state index in [1.54, 1.807) is 11.3 Å². The molecule has 0 bridgehead atoms. The molecule has 0 amide bonds. The van der Waals surface area contributed by atoms with Gasteiger partial charge in [0.1, 0.15) is 0 Å². The molecule has 4 heteroatoms. The van der Waals surface area contributed by atoms with E-state index in [0.29, 0.717) is 0 Å². The highest BCUT2D eigenvalue weighted by Gasteiger charge is 2.17. The molecule has 102 valence electrons. The van der Waals surface area contributed by atoms with Gasteiger partial charge < -0.3 is 5.32 Å². The molecule has 0 saturated heterocycles. The van der Waals surface area contributed by atoms with E-state index in [9.17, 15) is 0 Å². The zero-order valence-electron chi connectivity index (χ0n) is 11.0. The number of benzene rings is 1. The third-order valence-corrected chi connectivity index (χ3v) is 5.40. The van der Waals surface area contributed by atoms with Gasteiger partial charge in [-0.25, -0.2) is 0 Å². The molecule has 1 atom stereocenters. The van der Waals surface area contributed by atoms with Crippen LogP contribution in [0.1, 0.15) is 29.0 Å². The van der Waals surface area contributed by atoms with E-state index in [0.717, 1.165) is 22.5 Å². The third kappa shape index (κ3) is 3.82. The second kappa shape index (κ2) is 6.89. The SMILES string of the molecule is CCNC(Cc1ccc(Br)cc1)c1scc(C)c1Cl. The predicted molar refractivity (Wildman–Crippen MR) is 88.3 cm³/mol. The Morgan fingerprint density at radius 3 is 2.53 bits per heavy atom. The molecule has 0 aliphatic heterocycles. The van der Waals surface area contributed by atoms with Crippen molar-refractivity contribution in [3.05, 3.63) is 55.1 Å². The summed E-state index contributed by atoms with van der Waals surface area (Å²) in [6.45, 7) is 5.13. The number of hydrogen-bond donors (Lipinski definition) is 1. The molecule has 0 saturated carbocycles. The van der Waals surface area contributed by atoms with E-state index in [2.05, 4.69) is 64.7 Å². The molecule has 1 N–H and O–H groups in total. The Morgan fingerprint density at radius 2 is 2.00 bits per heavy atom. The fourth-order valence-electron chi connectivity index (χ4n) is 2.04. The summed E-state index contributed by atoms with van der Waals surface area (Å²) in [6, 6.07) is 8.77. The maximum absolute atomic E-state index is 6.39. The minimum atomic E-state index is 0.289. The largest absolute Gasteiger partial charge is 0.309 e. The minimum Gasteiger partial charge on any atom is -0.309 e. The highest BCUT2D eigenvalue weighted by molar-refractivity contribution is 9.10. The van der Waals surface area contributed by atoms with Crippen molar-refractivity contribution in [3.8, 4) is 0 Å². The first-order chi connectivity index (χ1) is 9.11. The van der Waals surface area contributed by atoms with E-state index in [1.807, 2.05) is 0 Å². The lowest BCUT2D eigenvalue weighted by molar-refractivity contribution is 0.558. The Kier molecular flexibility index (Phi) is 5.46. The first kappa shape index (κ1) is 15.0. The number of aryl methyl sites for hydroxylation is 1. The molecule has 1 nitrogen and oxygen atoms in total. The van der Waals surface area contributed by atoms with E-state index in [4.69, 9.17) is 11.6 Å². The first-order valence-electron chi connectivity index (χ1n) is 6.33. The van der Waals surface area contributed by atoms with Crippen LogP contribution >= 0.6 is 38.9 Å². The summed E-state index contributed by atoms with van der Waals surface area (Å²) in [5, 5.41) is 6.57. The van der Waals surface area contributed by atoms with Gasteiger partial charge in [-0.3, -0.25) is 0 Å². The average molecular weight is 359 g/mol. The Bertz CT molecular complexity index is 536. The molecule has 19 heavy (non-hydrogen) atoms. The summed E-state index contributed by atoms with van der Waals surface area (Å²) < 4.78 is 1.11. The van der Waals surface area contributed by atoms with Crippen molar-refractivity contribution in [3.63, 3.8) is 0 Å². The Balaban J connectivity index is 2.21. The Labute approximate surface area is 132 Å². The van der Waals surface area contributed by atoms with Crippen LogP contribution in [0.4, 0.5) is 0 Å². The van der Waals surface area contributed by atoms with Gasteiger partial charge in [0.2, 0.25) is 0 Å². The van der Waals surface area contributed by atoms with Gasteiger partial charge >= 0.3 is 0 Å². The first-order valence-corrected chi connectivity index (χ1v) is 8.38. The lowest BCUT2D eigenvalue weighted by atomic mass is 10.0. The molecule has 0 aliphatic carbocycles. The fraction of sp³-hybridized carbons (Fsp3) is 0.333. The van der Waals surface area contributed by atoms with Crippen LogP contribution in [0, 0.1) is 6.92 Å². The van der Waals surface area contributed by atoms with E-state index in [1.165, 1.54) is 16.0 Å². The van der Waals surface area contributed by atoms with Crippen molar-refractivity contribution in [1.29, 1.82) is 0 Å². The van der Waals surface area contributed by atoms with Crippen LogP contribution < -0.4 is 5.32 Å². The van der Waals surface area contributed by atoms with Crippen LogP contribution in [0.2, 0.25) is 5.02 Å². The maximum atomic E-state index is 6.39. The van der Waals surface area contributed by atoms with Gasteiger partial charge in [-0.2, -0.15) is 0 Å². The second-order valence-corrected chi connectivity index (χ2v) is 6.74. The van der Waals surface area contributed by atoms with Gasteiger partial charge in [0.15, 0.2) is 0 Å². The van der Waals surface area contributed by atoms with Gasteiger partial charge in [-0.1, -0.05) is 46.6 Å². The van der Waals surface area contributed by atoms with Gasteiger partial charge in [0.05, 0.1) is 5.02 Å². The van der Waals surface area contributed by atoms with Gasteiger partial charge in [0.25, 0.3) is 0 Å². The molecule has 1 heterocycles. The smallest absolute Gasteiger partial charge is 0.0590 e. The highest BCUT2D eigenvalue weighted by Crippen LogP contribution is 2.34. The molecule has 0 aliphatic rings. The second-order valence-electron chi connectivity index (χ2n) is 4.54. The summed E-state index contributed by atoms with van der Waals surface area (Å²) in [7, 11) is 0. The fourth-order valence-corrected chi connectivity index (χ4v) is 3.71. The maximum Gasteiger partial charge on any atom is 0.0590 e. The van der Waals surface area contributed by atoms with Crippen LogP contribution in [0.5, 0.6) is 0 Å². The topological polar surface area (TPSA) is 12.0 Å². The molecule has 0 radical (unpaired) electrons. The average Bonchev–Trinajstić information content (AvgIpc) is 2.72.